The minimum Gasteiger partial charge on any atom is -0.384 e. The summed E-state index contributed by atoms with van der Waals surface area (Å²) in [5, 5.41) is 5.12. The number of hydrogen-bond donors (Lipinski definition) is 0. The monoisotopic (exact) mass is 372 g/mol. The fourth-order valence-corrected chi connectivity index (χ4v) is 3.90. The van der Waals surface area contributed by atoms with E-state index in [9.17, 15) is 9.18 Å². The van der Waals surface area contributed by atoms with Crippen molar-refractivity contribution in [3.8, 4) is 0 Å². The molecule has 134 valence electrons. The van der Waals surface area contributed by atoms with Gasteiger partial charge in [0.15, 0.2) is 5.78 Å². The van der Waals surface area contributed by atoms with Gasteiger partial charge in [0, 0.05) is 25.5 Å². The molecule has 6 nitrogen and oxygen atoms in total. The van der Waals surface area contributed by atoms with Gasteiger partial charge >= 0.3 is 0 Å². The predicted molar refractivity (Wildman–Crippen MR) is 95.2 cm³/mol. The van der Waals surface area contributed by atoms with E-state index in [4.69, 9.17) is 4.74 Å². The maximum Gasteiger partial charge on any atom is 0.253 e. The van der Waals surface area contributed by atoms with Crippen LogP contribution in [0.3, 0.4) is 0 Å². The van der Waals surface area contributed by atoms with E-state index in [1.165, 1.54) is 23.9 Å². The van der Waals surface area contributed by atoms with Crippen LogP contribution in [0, 0.1) is 5.82 Å². The van der Waals surface area contributed by atoms with E-state index in [1.807, 2.05) is 0 Å². The van der Waals surface area contributed by atoms with Crippen LogP contribution >= 0.6 is 11.8 Å². The Hall–Kier alpha value is -2.32. The molecule has 0 radical (unpaired) electrons. The number of ether oxygens (including phenoxy) is 1. The van der Waals surface area contributed by atoms with Gasteiger partial charge in [0.1, 0.15) is 5.82 Å². The molecule has 4 rings (SSSR count). The average Bonchev–Trinajstić information content (AvgIpc) is 3.06. The van der Waals surface area contributed by atoms with Crippen LogP contribution < -0.4 is 0 Å². The normalized spacial score (nSPS) is 16.8. The molecule has 1 atom stereocenters. The summed E-state index contributed by atoms with van der Waals surface area (Å²) in [5.41, 5.74) is 2.35. The van der Waals surface area contributed by atoms with Crippen LogP contribution in [0.15, 0.2) is 35.6 Å². The zero-order valence-corrected chi connectivity index (χ0v) is 15.0. The Morgan fingerprint density at radius 2 is 2.12 bits per heavy atom. The second-order valence-corrected chi connectivity index (χ2v) is 7.21. The highest BCUT2D eigenvalue weighted by Crippen LogP contribution is 2.32. The lowest BCUT2D eigenvalue weighted by Gasteiger charge is -2.23. The Labute approximate surface area is 153 Å². The summed E-state index contributed by atoms with van der Waals surface area (Å²) in [7, 11) is 1.65. The topological polar surface area (TPSA) is 69.4 Å². The molecule has 3 aromatic rings. The van der Waals surface area contributed by atoms with Crippen molar-refractivity contribution in [1.29, 1.82) is 0 Å². The number of carbonyl (C=O) groups excluding carboxylic acids is 1. The average molecular weight is 372 g/mol. The first-order valence-corrected chi connectivity index (χ1v) is 9.29. The molecule has 8 heteroatoms. The number of halogens is 1. The van der Waals surface area contributed by atoms with Gasteiger partial charge in [-0.05, 0) is 30.0 Å². The summed E-state index contributed by atoms with van der Waals surface area (Å²) in [6.07, 6.45) is 2.61. The molecule has 26 heavy (non-hydrogen) atoms. The molecule has 0 saturated heterocycles. The highest BCUT2D eigenvalue weighted by Gasteiger charge is 2.29. The summed E-state index contributed by atoms with van der Waals surface area (Å²) in [5.74, 6) is 0.967. The maximum absolute atomic E-state index is 13.2. The van der Waals surface area contributed by atoms with Crippen molar-refractivity contribution in [2.45, 2.75) is 23.9 Å². The molecule has 2 aromatic heterocycles. The number of ketones is 1. The number of hydrogen-bond acceptors (Lipinski definition) is 6. The zero-order valence-electron chi connectivity index (χ0n) is 14.2. The van der Waals surface area contributed by atoms with Gasteiger partial charge in [-0.3, -0.25) is 4.79 Å². The predicted octanol–water partition coefficient (Wildman–Crippen LogP) is 2.91. The summed E-state index contributed by atoms with van der Waals surface area (Å²) in [6.45, 7) is 0.608. The summed E-state index contributed by atoms with van der Waals surface area (Å²) in [4.78, 5) is 21.3. The minimum atomic E-state index is -0.281. The summed E-state index contributed by atoms with van der Waals surface area (Å²) < 4.78 is 19.9. The van der Waals surface area contributed by atoms with Crippen molar-refractivity contribution in [2.75, 3.05) is 19.5 Å². The van der Waals surface area contributed by atoms with E-state index in [2.05, 4.69) is 15.1 Å². The highest BCUT2D eigenvalue weighted by atomic mass is 32.2. The molecule has 1 aromatic carbocycles. The Morgan fingerprint density at radius 1 is 1.31 bits per heavy atom. The number of rotatable bonds is 5. The lowest BCUT2D eigenvalue weighted by Crippen LogP contribution is -2.22. The lowest BCUT2D eigenvalue weighted by atomic mass is 9.82. The molecule has 0 aliphatic heterocycles. The third kappa shape index (κ3) is 3.22. The third-order valence-corrected chi connectivity index (χ3v) is 5.28. The van der Waals surface area contributed by atoms with Crippen LogP contribution in [0.25, 0.3) is 5.78 Å². The van der Waals surface area contributed by atoms with Crippen LogP contribution in [0.4, 0.5) is 4.39 Å². The number of benzene rings is 1. The van der Waals surface area contributed by atoms with Crippen molar-refractivity contribution in [1.82, 2.24) is 19.6 Å². The van der Waals surface area contributed by atoms with Gasteiger partial charge in [-0.1, -0.05) is 23.9 Å². The largest absolute Gasteiger partial charge is 0.384 e. The Balaban J connectivity index is 1.68. The maximum atomic E-state index is 13.2. The fraction of sp³-hybridized carbons (Fsp3) is 0.333. The molecule has 0 amide bonds. The summed E-state index contributed by atoms with van der Waals surface area (Å²) in [6, 6.07) is 6.34. The third-order valence-electron chi connectivity index (χ3n) is 4.48. The van der Waals surface area contributed by atoms with Crippen LogP contribution in [0.2, 0.25) is 0 Å². The second kappa shape index (κ2) is 7.13. The highest BCUT2D eigenvalue weighted by molar-refractivity contribution is 7.99. The Morgan fingerprint density at radius 3 is 2.88 bits per heavy atom. The van der Waals surface area contributed by atoms with Crippen molar-refractivity contribution < 1.29 is 13.9 Å². The molecular formula is C18H17FN4O2S. The van der Waals surface area contributed by atoms with Crippen LogP contribution in [0.1, 0.15) is 34.0 Å². The quantitative estimate of drug-likeness (QED) is 0.507. The van der Waals surface area contributed by atoms with Gasteiger partial charge in [0.2, 0.25) is 5.16 Å². The first-order valence-electron chi connectivity index (χ1n) is 8.30. The van der Waals surface area contributed by atoms with E-state index in [-0.39, 0.29) is 17.5 Å². The fourth-order valence-electron chi connectivity index (χ4n) is 3.18. The first-order chi connectivity index (χ1) is 12.7. The number of aromatic nitrogens is 4. The minimum absolute atomic E-state index is 0.00463. The number of carbonyl (C=O) groups is 1. The molecule has 2 heterocycles. The van der Waals surface area contributed by atoms with E-state index < -0.39 is 0 Å². The van der Waals surface area contributed by atoms with E-state index in [0.29, 0.717) is 35.9 Å². The zero-order chi connectivity index (χ0) is 18.1. The molecule has 1 unspecified atom stereocenters. The standard InChI is InChI=1S/C18H17FN4O2S/c1-25-6-7-26-18-21-17-20-10-14-15(23(17)22-18)8-12(9-16(14)24)11-2-4-13(19)5-3-11/h2-5,10,12H,6-9H2,1H3. The SMILES string of the molecule is COCCSc1nc2ncc3c(n2n1)CC(c1ccc(F)cc1)CC3=O. The first kappa shape index (κ1) is 17.1. The molecule has 0 saturated carbocycles. The van der Waals surface area contributed by atoms with E-state index >= 15 is 0 Å². The smallest absolute Gasteiger partial charge is 0.253 e. The Kier molecular flexibility index (Phi) is 4.69. The van der Waals surface area contributed by atoms with Gasteiger partial charge in [0.25, 0.3) is 5.78 Å². The van der Waals surface area contributed by atoms with Crippen LogP contribution in [-0.4, -0.2) is 44.8 Å². The second-order valence-electron chi connectivity index (χ2n) is 6.15. The molecule has 0 N–H and O–H groups in total. The summed E-state index contributed by atoms with van der Waals surface area (Å²) >= 11 is 1.49. The number of nitrogens with zero attached hydrogens (tertiary/aromatic N) is 4. The van der Waals surface area contributed by atoms with Crippen molar-refractivity contribution >= 4 is 23.3 Å². The number of thioether (sulfide) groups is 1. The number of Topliss-reactive ketones (excluding diaryl/α,β-unsaturated/α-hetero) is 1. The Bertz CT molecular complexity index is 958. The van der Waals surface area contributed by atoms with Gasteiger partial charge in [-0.25, -0.2) is 9.37 Å². The van der Waals surface area contributed by atoms with Gasteiger partial charge in [0.05, 0.1) is 17.9 Å². The van der Waals surface area contributed by atoms with E-state index in [1.54, 1.807) is 30.0 Å². The molecule has 0 spiro atoms. The lowest BCUT2D eigenvalue weighted by molar-refractivity contribution is 0.0962. The van der Waals surface area contributed by atoms with Gasteiger partial charge in [-0.2, -0.15) is 9.50 Å². The molecule has 0 fully saturated rings. The van der Waals surface area contributed by atoms with Gasteiger partial charge in [-0.15, -0.1) is 5.10 Å². The van der Waals surface area contributed by atoms with Crippen LogP contribution in [-0.2, 0) is 11.2 Å². The van der Waals surface area contributed by atoms with Crippen LogP contribution in [0.5, 0.6) is 0 Å². The number of fused-ring (bicyclic) bond motifs is 3. The van der Waals surface area contributed by atoms with Crippen molar-refractivity contribution in [2.24, 2.45) is 0 Å². The molecule has 0 bridgehead atoms. The van der Waals surface area contributed by atoms with Gasteiger partial charge < -0.3 is 4.74 Å². The van der Waals surface area contributed by atoms with Crippen molar-refractivity contribution in [3.63, 3.8) is 0 Å². The van der Waals surface area contributed by atoms with Crippen molar-refractivity contribution in [3.05, 3.63) is 53.1 Å². The molecular weight excluding hydrogens is 355 g/mol. The number of methoxy groups -OCH3 is 1. The molecule has 1 aliphatic rings. The van der Waals surface area contributed by atoms with E-state index in [0.717, 1.165) is 17.0 Å². The molecule has 1 aliphatic carbocycles.